The highest BCUT2D eigenvalue weighted by Crippen LogP contribution is 2.30. The van der Waals surface area contributed by atoms with Crippen molar-refractivity contribution in [1.29, 1.82) is 0 Å². The molecule has 0 spiro atoms. The van der Waals surface area contributed by atoms with Gasteiger partial charge in [0.15, 0.2) is 0 Å². The lowest BCUT2D eigenvalue weighted by Gasteiger charge is -2.18. The molecule has 4 rings (SSSR count). The average Bonchev–Trinajstić information content (AvgIpc) is 3.22. The lowest BCUT2D eigenvalue weighted by Crippen LogP contribution is -2.38. The van der Waals surface area contributed by atoms with E-state index in [1.807, 2.05) is 54.7 Å². The van der Waals surface area contributed by atoms with Crippen molar-refractivity contribution in [3.63, 3.8) is 0 Å². The molecule has 0 bridgehead atoms. The van der Waals surface area contributed by atoms with Crippen LogP contribution in [0.3, 0.4) is 0 Å². The summed E-state index contributed by atoms with van der Waals surface area (Å²) in [5.74, 6) is -1.36. The predicted octanol–water partition coefficient (Wildman–Crippen LogP) is 3.99. The second-order valence-electron chi connectivity index (χ2n) is 7.25. The van der Waals surface area contributed by atoms with Crippen LogP contribution in [0.2, 0.25) is 0 Å². The molecule has 1 atom stereocenters. The molecule has 156 valence electrons. The van der Waals surface area contributed by atoms with Crippen LogP contribution in [0.15, 0.2) is 85.1 Å². The van der Waals surface area contributed by atoms with Gasteiger partial charge in [0.2, 0.25) is 5.91 Å². The van der Waals surface area contributed by atoms with Gasteiger partial charge in [-0.3, -0.25) is 9.59 Å². The van der Waals surface area contributed by atoms with Crippen LogP contribution in [0, 0.1) is 5.82 Å². The zero-order chi connectivity index (χ0) is 21.6. The maximum absolute atomic E-state index is 13.3. The van der Waals surface area contributed by atoms with Gasteiger partial charge in [-0.25, -0.2) is 4.39 Å². The van der Waals surface area contributed by atoms with E-state index in [0.29, 0.717) is 6.54 Å². The zero-order valence-corrected chi connectivity index (χ0v) is 16.8. The molecule has 1 heterocycles. The van der Waals surface area contributed by atoms with Crippen LogP contribution < -0.4 is 10.6 Å². The first-order valence-corrected chi connectivity index (χ1v) is 10.0. The summed E-state index contributed by atoms with van der Waals surface area (Å²) in [5, 5.41) is 6.54. The fraction of sp³-hybridized carbons (Fsp3) is 0.120. The van der Waals surface area contributed by atoms with Crippen LogP contribution in [-0.2, 0) is 4.79 Å². The highest BCUT2D eigenvalue weighted by atomic mass is 19.1. The van der Waals surface area contributed by atoms with Crippen LogP contribution >= 0.6 is 0 Å². The average molecular weight is 415 g/mol. The number of halogens is 1. The Kier molecular flexibility index (Phi) is 6.08. The molecule has 31 heavy (non-hydrogen) atoms. The lowest BCUT2D eigenvalue weighted by molar-refractivity contribution is -0.120. The normalized spacial score (nSPS) is 11.8. The molecule has 0 aliphatic rings. The van der Waals surface area contributed by atoms with Gasteiger partial charge in [-0.1, -0.05) is 54.6 Å². The monoisotopic (exact) mass is 415 g/mol. The molecule has 1 aromatic heterocycles. The Bertz CT molecular complexity index is 1200. The molecule has 0 saturated carbocycles. The Morgan fingerprint density at radius 3 is 2.48 bits per heavy atom. The Morgan fingerprint density at radius 1 is 0.903 bits per heavy atom. The smallest absolute Gasteiger partial charge is 0.251 e. The number of fused-ring (bicyclic) bond motifs is 1. The third kappa shape index (κ3) is 4.80. The summed E-state index contributed by atoms with van der Waals surface area (Å²) >= 11 is 0. The highest BCUT2D eigenvalue weighted by molar-refractivity contribution is 5.96. The standard InChI is InChI=1S/C25H22FN3O2/c26-19-10-6-9-18(13-19)25(31)29-16-24(30)28-14-21(17-7-2-1-3-8-17)22-15-27-23-12-5-4-11-20(22)23/h1-13,15,21,27H,14,16H2,(H,28,30)(H,29,31). The van der Waals surface area contributed by atoms with Crippen LogP contribution in [0.25, 0.3) is 10.9 Å². The minimum atomic E-state index is -0.499. The number of aromatic amines is 1. The number of carbonyl (C=O) groups excluding carboxylic acids is 2. The maximum atomic E-state index is 13.3. The third-order valence-corrected chi connectivity index (χ3v) is 5.20. The van der Waals surface area contributed by atoms with Crippen LogP contribution in [0.4, 0.5) is 4.39 Å². The lowest BCUT2D eigenvalue weighted by atomic mass is 9.91. The molecule has 0 fully saturated rings. The van der Waals surface area contributed by atoms with Gasteiger partial charge in [0.25, 0.3) is 5.91 Å². The minimum Gasteiger partial charge on any atom is -0.361 e. The van der Waals surface area contributed by atoms with E-state index in [2.05, 4.69) is 21.7 Å². The Morgan fingerprint density at radius 2 is 1.68 bits per heavy atom. The number of amides is 2. The second-order valence-corrected chi connectivity index (χ2v) is 7.25. The molecular weight excluding hydrogens is 393 g/mol. The van der Waals surface area contributed by atoms with Gasteiger partial charge < -0.3 is 15.6 Å². The molecule has 0 aliphatic carbocycles. The van der Waals surface area contributed by atoms with E-state index < -0.39 is 11.7 Å². The summed E-state index contributed by atoms with van der Waals surface area (Å²) < 4.78 is 13.3. The molecular formula is C25H22FN3O2. The van der Waals surface area contributed by atoms with Gasteiger partial charge in [-0.05, 0) is 35.4 Å². The van der Waals surface area contributed by atoms with Crippen molar-refractivity contribution >= 4 is 22.7 Å². The summed E-state index contributed by atoms with van der Waals surface area (Å²) in [6.45, 7) is 0.186. The van der Waals surface area contributed by atoms with Crippen LogP contribution in [0.5, 0.6) is 0 Å². The van der Waals surface area contributed by atoms with Crippen molar-refractivity contribution in [2.75, 3.05) is 13.1 Å². The van der Waals surface area contributed by atoms with Gasteiger partial charge in [-0.2, -0.15) is 0 Å². The molecule has 0 radical (unpaired) electrons. The van der Waals surface area contributed by atoms with Gasteiger partial charge >= 0.3 is 0 Å². The molecule has 6 heteroatoms. The van der Waals surface area contributed by atoms with Crippen LogP contribution in [0.1, 0.15) is 27.4 Å². The Labute approximate surface area is 179 Å². The Balaban J connectivity index is 1.44. The first-order valence-electron chi connectivity index (χ1n) is 10.0. The first-order chi connectivity index (χ1) is 15.1. The Hall–Kier alpha value is -3.93. The van der Waals surface area contributed by atoms with E-state index in [1.165, 1.54) is 18.2 Å². The SMILES string of the molecule is O=C(CNC(=O)c1cccc(F)c1)NCC(c1ccccc1)c1c[nH]c2ccccc12. The summed E-state index contributed by atoms with van der Waals surface area (Å²) in [4.78, 5) is 27.8. The molecule has 0 aliphatic heterocycles. The van der Waals surface area contributed by atoms with E-state index in [4.69, 9.17) is 0 Å². The van der Waals surface area contributed by atoms with Crippen molar-refractivity contribution < 1.29 is 14.0 Å². The number of hydrogen-bond acceptors (Lipinski definition) is 2. The van der Waals surface area contributed by atoms with E-state index in [-0.39, 0.29) is 23.9 Å². The van der Waals surface area contributed by atoms with Crippen molar-refractivity contribution in [3.05, 3.63) is 108 Å². The topological polar surface area (TPSA) is 74.0 Å². The quantitative estimate of drug-likeness (QED) is 0.427. The summed E-state index contributed by atoms with van der Waals surface area (Å²) in [6, 6.07) is 23.3. The number of para-hydroxylation sites is 1. The summed E-state index contributed by atoms with van der Waals surface area (Å²) in [7, 11) is 0. The summed E-state index contributed by atoms with van der Waals surface area (Å²) in [6.07, 6.45) is 1.97. The fourth-order valence-corrected chi connectivity index (χ4v) is 3.65. The van der Waals surface area contributed by atoms with Crippen molar-refractivity contribution in [3.8, 4) is 0 Å². The molecule has 4 aromatic rings. The summed E-state index contributed by atoms with van der Waals surface area (Å²) in [5.41, 5.74) is 3.38. The fourth-order valence-electron chi connectivity index (χ4n) is 3.65. The molecule has 5 nitrogen and oxygen atoms in total. The molecule has 0 saturated heterocycles. The van der Waals surface area contributed by atoms with Crippen molar-refractivity contribution in [2.45, 2.75) is 5.92 Å². The van der Waals surface area contributed by atoms with Gasteiger partial charge in [0.1, 0.15) is 5.82 Å². The molecule has 2 amide bonds. The van der Waals surface area contributed by atoms with E-state index in [0.717, 1.165) is 28.1 Å². The van der Waals surface area contributed by atoms with Crippen LogP contribution in [-0.4, -0.2) is 29.9 Å². The van der Waals surface area contributed by atoms with Crippen molar-refractivity contribution in [1.82, 2.24) is 15.6 Å². The van der Waals surface area contributed by atoms with E-state index >= 15 is 0 Å². The number of rotatable bonds is 7. The molecule has 1 unspecified atom stereocenters. The predicted molar refractivity (Wildman–Crippen MR) is 118 cm³/mol. The number of benzene rings is 3. The zero-order valence-electron chi connectivity index (χ0n) is 16.8. The first kappa shape index (κ1) is 20.3. The molecule has 3 N–H and O–H groups in total. The van der Waals surface area contributed by atoms with Gasteiger partial charge in [0, 0.05) is 35.1 Å². The van der Waals surface area contributed by atoms with E-state index in [1.54, 1.807) is 0 Å². The number of nitrogens with one attached hydrogen (secondary N) is 3. The highest BCUT2D eigenvalue weighted by Gasteiger charge is 2.19. The number of aromatic nitrogens is 1. The third-order valence-electron chi connectivity index (χ3n) is 5.20. The number of carbonyl (C=O) groups is 2. The minimum absolute atomic E-state index is 0.0554. The van der Waals surface area contributed by atoms with Gasteiger partial charge in [-0.15, -0.1) is 0 Å². The van der Waals surface area contributed by atoms with Gasteiger partial charge in [0.05, 0.1) is 6.54 Å². The van der Waals surface area contributed by atoms with Crippen molar-refractivity contribution in [2.24, 2.45) is 0 Å². The second kappa shape index (κ2) is 9.26. The number of H-pyrrole nitrogens is 1. The largest absolute Gasteiger partial charge is 0.361 e. The number of hydrogen-bond donors (Lipinski definition) is 3. The molecule has 3 aromatic carbocycles. The van der Waals surface area contributed by atoms with E-state index in [9.17, 15) is 14.0 Å². The maximum Gasteiger partial charge on any atom is 0.251 e.